The van der Waals surface area contributed by atoms with E-state index >= 15 is 0 Å². The largest absolute Gasteiger partial charge is 0.456 e. The van der Waals surface area contributed by atoms with Crippen molar-refractivity contribution in [2.45, 2.75) is 51.5 Å². The molecular weight excluding hydrogens is 398 g/mol. The molecule has 1 aromatic carbocycles. The fourth-order valence-corrected chi connectivity index (χ4v) is 4.04. The minimum absolute atomic E-state index is 0.0456. The quantitative estimate of drug-likeness (QED) is 0.504. The summed E-state index contributed by atoms with van der Waals surface area (Å²) in [6, 6.07) is 9.90. The van der Waals surface area contributed by atoms with Crippen molar-refractivity contribution < 1.29 is 23.9 Å². The van der Waals surface area contributed by atoms with Gasteiger partial charge in [-0.05, 0) is 51.0 Å². The Balaban J connectivity index is 1.31. The number of nitrogens with zero attached hydrogens (tertiary/aromatic N) is 2. The molecule has 3 rings (SSSR count). The van der Waals surface area contributed by atoms with Gasteiger partial charge in [-0.2, -0.15) is 0 Å². The standard InChI is InChI=1S/C23H31N3O5/c1-23(2)21(29)26(22(30)24-23)12-6-9-20(28)31-16-19(27)25-13-10-18(11-14-25)15-17-7-4-3-5-8-17/h3-5,7-8,18H,6,9-16H2,1-2H3,(H,24,30). The maximum atomic E-state index is 12.4. The highest BCUT2D eigenvalue weighted by atomic mass is 16.5. The molecule has 168 valence electrons. The summed E-state index contributed by atoms with van der Waals surface area (Å²) in [5.74, 6) is -0.429. The molecule has 2 fully saturated rings. The number of likely N-dealkylation sites (tertiary alicyclic amines) is 1. The number of amides is 4. The summed E-state index contributed by atoms with van der Waals surface area (Å²) >= 11 is 0. The van der Waals surface area contributed by atoms with E-state index in [1.807, 2.05) is 18.2 Å². The van der Waals surface area contributed by atoms with Crippen molar-refractivity contribution in [2.24, 2.45) is 5.92 Å². The second-order valence-corrected chi connectivity index (χ2v) is 8.79. The molecule has 0 atom stereocenters. The molecular formula is C23H31N3O5. The molecule has 0 radical (unpaired) electrons. The molecule has 0 bridgehead atoms. The van der Waals surface area contributed by atoms with Gasteiger partial charge in [0.15, 0.2) is 6.61 Å². The van der Waals surface area contributed by atoms with Crippen molar-refractivity contribution >= 4 is 23.8 Å². The average Bonchev–Trinajstić information content (AvgIpc) is 2.94. The van der Waals surface area contributed by atoms with Crippen molar-refractivity contribution in [1.29, 1.82) is 0 Å². The fraction of sp³-hybridized carbons (Fsp3) is 0.565. The summed E-state index contributed by atoms with van der Waals surface area (Å²) < 4.78 is 5.10. The lowest BCUT2D eigenvalue weighted by Crippen LogP contribution is -2.41. The molecule has 0 aromatic heterocycles. The van der Waals surface area contributed by atoms with E-state index in [1.165, 1.54) is 5.56 Å². The number of nitrogens with one attached hydrogen (secondary N) is 1. The Bertz CT molecular complexity index is 816. The number of rotatable bonds is 8. The first-order valence-corrected chi connectivity index (χ1v) is 10.9. The van der Waals surface area contributed by atoms with E-state index in [0.717, 1.165) is 24.2 Å². The topological polar surface area (TPSA) is 96.0 Å². The highest BCUT2D eigenvalue weighted by Crippen LogP contribution is 2.22. The van der Waals surface area contributed by atoms with Crippen LogP contribution in [0.1, 0.15) is 45.1 Å². The SMILES string of the molecule is CC1(C)NC(=O)N(CCCC(=O)OCC(=O)N2CCC(Cc3ccccc3)CC2)C1=O. The Morgan fingerprint density at radius 3 is 2.42 bits per heavy atom. The second-order valence-electron chi connectivity index (χ2n) is 8.79. The van der Waals surface area contributed by atoms with Gasteiger partial charge < -0.3 is 15.0 Å². The van der Waals surface area contributed by atoms with E-state index in [1.54, 1.807) is 18.7 Å². The van der Waals surface area contributed by atoms with Gasteiger partial charge in [-0.1, -0.05) is 30.3 Å². The number of imide groups is 1. The first-order valence-electron chi connectivity index (χ1n) is 10.9. The third-order valence-electron chi connectivity index (χ3n) is 5.90. The maximum Gasteiger partial charge on any atom is 0.325 e. The van der Waals surface area contributed by atoms with Crippen molar-refractivity contribution in [3.05, 3.63) is 35.9 Å². The molecule has 2 aliphatic heterocycles. The molecule has 1 N–H and O–H groups in total. The minimum atomic E-state index is -0.918. The predicted molar refractivity (Wildman–Crippen MR) is 114 cm³/mol. The molecule has 0 aliphatic carbocycles. The molecule has 31 heavy (non-hydrogen) atoms. The number of esters is 1. The third-order valence-corrected chi connectivity index (χ3v) is 5.90. The Morgan fingerprint density at radius 1 is 1.13 bits per heavy atom. The van der Waals surface area contributed by atoms with Gasteiger partial charge in [0.25, 0.3) is 11.8 Å². The zero-order valence-corrected chi connectivity index (χ0v) is 18.3. The normalized spacial score (nSPS) is 18.8. The summed E-state index contributed by atoms with van der Waals surface area (Å²) in [7, 11) is 0. The number of urea groups is 1. The molecule has 0 unspecified atom stereocenters. The molecule has 4 amide bonds. The Labute approximate surface area is 182 Å². The lowest BCUT2D eigenvalue weighted by Gasteiger charge is -2.32. The minimum Gasteiger partial charge on any atom is -0.456 e. The van der Waals surface area contributed by atoms with Gasteiger partial charge >= 0.3 is 12.0 Å². The average molecular weight is 430 g/mol. The first kappa shape index (κ1) is 22.8. The van der Waals surface area contributed by atoms with Crippen LogP contribution in [0.3, 0.4) is 0 Å². The molecule has 0 saturated carbocycles. The predicted octanol–water partition coefficient (Wildman–Crippen LogP) is 2.12. The van der Waals surface area contributed by atoms with Gasteiger partial charge in [-0.25, -0.2) is 4.79 Å². The second kappa shape index (κ2) is 9.94. The van der Waals surface area contributed by atoms with Crippen LogP contribution in [0.4, 0.5) is 4.79 Å². The summed E-state index contributed by atoms with van der Waals surface area (Å²) in [5, 5.41) is 2.60. The molecule has 1 aromatic rings. The zero-order chi connectivity index (χ0) is 22.4. The van der Waals surface area contributed by atoms with Gasteiger partial charge in [-0.3, -0.25) is 19.3 Å². The van der Waals surface area contributed by atoms with Crippen molar-refractivity contribution in [3.8, 4) is 0 Å². The smallest absolute Gasteiger partial charge is 0.325 e. The fourth-order valence-electron chi connectivity index (χ4n) is 4.04. The first-order chi connectivity index (χ1) is 14.8. The van der Waals surface area contributed by atoms with E-state index in [4.69, 9.17) is 4.74 Å². The van der Waals surface area contributed by atoms with Gasteiger partial charge in [-0.15, -0.1) is 0 Å². The summed E-state index contributed by atoms with van der Waals surface area (Å²) in [6.45, 7) is 4.51. The zero-order valence-electron chi connectivity index (χ0n) is 18.3. The maximum absolute atomic E-state index is 12.4. The van der Waals surface area contributed by atoms with E-state index in [2.05, 4.69) is 17.4 Å². The van der Waals surface area contributed by atoms with Gasteiger partial charge in [0.2, 0.25) is 0 Å². The Hall–Kier alpha value is -2.90. The molecule has 2 heterocycles. The lowest BCUT2D eigenvalue weighted by atomic mass is 9.90. The Morgan fingerprint density at radius 2 is 1.81 bits per heavy atom. The van der Waals surface area contributed by atoms with Crippen LogP contribution in [0, 0.1) is 5.92 Å². The lowest BCUT2D eigenvalue weighted by molar-refractivity contribution is -0.152. The number of carbonyl (C=O) groups is 4. The summed E-state index contributed by atoms with van der Waals surface area (Å²) in [4.78, 5) is 51.1. The van der Waals surface area contributed by atoms with Crippen molar-refractivity contribution in [1.82, 2.24) is 15.1 Å². The number of carbonyl (C=O) groups excluding carboxylic acids is 4. The van der Waals surface area contributed by atoms with Crippen LogP contribution < -0.4 is 5.32 Å². The van der Waals surface area contributed by atoms with Gasteiger partial charge in [0, 0.05) is 26.1 Å². The van der Waals surface area contributed by atoms with Crippen LogP contribution >= 0.6 is 0 Å². The highest BCUT2D eigenvalue weighted by Gasteiger charge is 2.43. The van der Waals surface area contributed by atoms with Crippen molar-refractivity contribution in [3.63, 3.8) is 0 Å². The van der Waals surface area contributed by atoms with Crippen LogP contribution in [-0.4, -0.2) is 65.4 Å². The van der Waals surface area contributed by atoms with E-state index in [9.17, 15) is 19.2 Å². The Kier molecular flexibility index (Phi) is 7.30. The number of ether oxygens (including phenoxy) is 1. The molecule has 2 saturated heterocycles. The number of hydrogen-bond acceptors (Lipinski definition) is 5. The van der Waals surface area contributed by atoms with Crippen LogP contribution in [0.5, 0.6) is 0 Å². The van der Waals surface area contributed by atoms with Crippen LogP contribution in [-0.2, 0) is 25.5 Å². The number of benzene rings is 1. The van der Waals surface area contributed by atoms with Gasteiger partial charge in [0.05, 0.1) is 0 Å². The number of hydrogen-bond donors (Lipinski definition) is 1. The highest BCUT2D eigenvalue weighted by molar-refractivity contribution is 6.06. The van der Waals surface area contributed by atoms with Crippen LogP contribution in [0.25, 0.3) is 0 Å². The molecule has 8 nitrogen and oxygen atoms in total. The monoisotopic (exact) mass is 429 g/mol. The van der Waals surface area contributed by atoms with E-state index in [-0.39, 0.29) is 31.4 Å². The van der Waals surface area contributed by atoms with Crippen LogP contribution in [0.15, 0.2) is 30.3 Å². The summed E-state index contributed by atoms with van der Waals surface area (Å²) in [6.07, 6.45) is 3.25. The molecule has 8 heteroatoms. The van der Waals surface area contributed by atoms with Crippen LogP contribution in [0.2, 0.25) is 0 Å². The molecule has 0 spiro atoms. The number of piperidine rings is 1. The molecule has 2 aliphatic rings. The van der Waals surface area contributed by atoms with E-state index < -0.39 is 17.5 Å². The van der Waals surface area contributed by atoms with E-state index in [0.29, 0.717) is 25.4 Å². The summed E-state index contributed by atoms with van der Waals surface area (Å²) in [5.41, 5.74) is 0.399. The van der Waals surface area contributed by atoms with Crippen molar-refractivity contribution in [2.75, 3.05) is 26.2 Å². The van der Waals surface area contributed by atoms with Gasteiger partial charge in [0.1, 0.15) is 5.54 Å². The third kappa shape index (κ3) is 6.06.